The van der Waals surface area contributed by atoms with Crippen LogP contribution in [-0.4, -0.2) is 63.0 Å². The van der Waals surface area contributed by atoms with Crippen molar-refractivity contribution >= 4 is 5.91 Å². The van der Waals surface area contributed by atoms with E-state index in [-0.39, 0.29) is 30.5 Å². The first-order chi connectivity index (χ1) is 9.17. The fourth-order valence-corrected chi connectivity index (χ4v) is 2.36. The Labute approximate surface area is 111 Å². The minimum absolute atomic E-state index is 0.0864. The molecule has 1 aromatic rings. The Kier molecular flexibility index (Phi) is 3.24. The summed E-state index contributed by atoms with van der Waals surface area (Å²) in [6.07, 6.45) is 1.82. The van der Waals surface area contributed by atoms with Gasteiger partial charge in [0.25, 0.3) is 5.91 Å². The first-order valence-corrected chi connectivity index (χ1v) is 6.65. The van der Waals surface area contributed by atoms with E-state index in [1.54, 1.807) is 4.90 Å². The Morgan fingerprint density at radius 1 is 1.53 bits per heavy atom. The third-order valence-electron chi connectivity index (χ3n) is 3.48. The SMILES string of the molecule is CC1CN(C(=O)c2n[nH]c(C3CC3)n2)CC(CO)O1. The summed E-state index contributed by atoms with van der Waals surface area (Å²) in [5.41, 5.74) is 0. The molecule has 2 N–H and O–H groups in total. The number of aliphatic hydroxyl groups excluding tert-OH is 1. The number of carbonyl (C=O) groups excluding carboxylic acids is 1. The number of nitrogens with one attached hydrogen (secondary N) is 1. The highest BCUT2D eigenvalue weighted by molar-refractivity contribution is 5.90. The summed E-state index contributed by atoms with van der Waals surface area (Å²) in [5, 5.41) is 16.0. The number of hydrogen-bond donors (Lipinski definition) is 2. The average molecular weight is 266 g/mol. The molecular weight excluding hydrogens is 248 g/mol. The highest BCUT2D eigenvalue weighted by atomic mass is 16.5. The van der Waals surface area contributed by atoms with Crippen LogP contribution in [0.25, 0.3) is 0 Å². The maximum atomic E-state index is 12.3. The van der Waals surface area contributed by atoms with Gasteiger partial charge in [-0.25, -0.2) is 4.98 Å². The van der Waals surface area contributed by atoms with Crippen LogP contribution in [0, 0.1) is 0 Å². The molecule has 1 aliphatic heterocycles. The van der Waals surface area contributed by atoms with Gasteiger partial charge in [0, 0.05) is 19.0 Å². The molecule has 2 heterocycles. The van der Waals surface area contributed by atoms with Crippen LogP contribution in [0.15, 0.2) is 0 Å². The third-order valence-corrected chi connectivity index (χ3v) is 3.48. The van der Waals surface area contributed by atoms with Crippen molar-refractivity contribution in [3.63, 3.8) is 0 Å². The van der Waals surface area contributed by atoms with E-state index >= 15 is 0 Å². The number of amides is 1. The Bertz CT molecular complexity index is 471. The lowest BCUT2D eigenvalue weighted by molar-refractivity contribution is -0.0860. The lowest BCUT2D eigenvalue weighted by Gasteiger charge is -2.35. The number of morpholine rings is 1. The number of aliphatic hydroxyl groups is 1. The zero-order valence-corrected chi connectivity index (χ0v) is 10.9. The molecule has 1 aromatic heterocycles. The number of ether oxygens (including phenoxy) is 1. The quantitative estimate of drug-likeness (QED) is 0.797. The number of nitrogens with zero attached hydrogens (tertiary/aromatic N) is 3. The Hall–Kier alpha value is -1.47. The van der Waals surface area contributed by atoms with Crippen molar-refractivity contribution in [3.8, 4) is 0 Å². The molecule has 7 nitrogen and oxygen atoms in total. The lowest BCUT2D eigenvalue weighted by atomic mass is 10.2. The van der Waals surface area contributed by atoms with Crippen LogP contribution in [0.3, 0.4) is 0 Å². The number of aromatic amines is 1. The van der Waals surface area contributed by atoms with Crippen molar-refractivity contribution in [2.24, 2.45) is 0 Å². The van der Waals surface area contributed by atoms with Gasteiger partial charge in [0.1, 0.15) is 5.82 Å². The van der Waals surface area contributed by atoms with E-state index in [0.29, 0.717) is 19.0 Å². The van der Waals surface area contributed by atoms with Crippen molar-refractivity contribution in [2.75, 3.05) is 19.7 Å². The van der Waals surface area contributed by atoms with Gasteiger partial charge in [-0.1, -0.05) is 0 Å². The zero-order valence-electron chi connectivity index (χ0n) is 10.9. The van der Waals surface area contributed by atoms with E-state index in [9.17, 15) is 4.79 Å². The van der Waals surface area contributed by atoms with Crippen LogP contribution in [0.2, 0.25) is 0 Å². The minimum atomic E-state index is -0.324. The molecule has 0 spiro atoms. The Balaban J connectivity index is 1.70. The lowest BCUT2D eigenvalue weighted by Crippen LogP contribution is -2.50. The molecule has 0 aromatic carbocycles. The standard InChI is InChI=1S/C12H18N4O3/c1-7-4-16(5-9(6-17)19-7)12(18)11-13-10(14-15-11)8-2-3-8/h7-9,17H,2-6H2,1H3,(H,13,14,15). The fourth-order valence-electron chi connectivity index (χ4n) is 2.36. The average Bonchev–Trinajstić information content (AvgIpc) is 3.15. The monoisotopic (exact) mass is 266 g/mol. The number of rotatable bonds is 3. The summed E-state index contributed by atoms with van der Waals surface area (Å²) < 4.78 is 5.51. The first-order valence-electron chi connectivity index (χ1n) is 6.65. The van der Waals surface area contributed by atoms with Gasteiger partial charge < -0.3 is 14.7 Å². The van der Waals surface area contributed by atoms with Crippen molar-refractivity contribution < 1.29 is 14.6 Å². The molecule has 2 atom stereocenters. The van der Waals surface area contributed by atoms with Crippen LogP contribution in [0.5, 0.6) is 0 Å². The van der Waals surface area contributed by atoms with Crippen LogP contribution in [0.1, 0.15) is 42.1 Å². The topological polar surface area (TPSA) is 91.3 Å². The second-order valence-electron chi connectivity index (χ2n) is 5.28. The predicted octanol–water partition coefficient (Wildman–Crippen LogP) is -0.0961. The van der Waals surface area contributed by atoms with Gasteiger partial charge in [-0.15, -0.1) is 5.10 Å². The van der Waals surface area contributed by atoms with E-state index in [2.05, 4.69) is 15.2 Å². The number of carbonyl (C=O) groups is 1. The van der Waals surface area contributed by atoms with Gasteiger partial charge in [-0.3, -0.25) is 9.89 Å². The normalized spacial score (nSPS) is 27.6. The van der Waals surface area contributed by atoms with Crippen molar-refractivity contribution in [2.45, 2.75) is 37.9 Å². The van der Waals surface area contributed by atoms with Crippen molar-refractivity contribution in [1.82, 2.24) is 20.1 Å². The number of aromatic nitrogens is 3. The van der Waals surface area contributed by atoms with E-state index in [4.69, 9.17) is 9.84 Å². The molecule has 1 amide bonds. The van der Waals surface area contributed by atoms with Crippen molar-refractivity contribution in [1.29, 1.82) is 0 Å². The maximum Gasteiger partial charge on any atom is 0.293 e. The first kappa shape index (κ1) is 12.6. The van der Waals surface area contributed by atoms with Crippen molar-refractivity contribution in [3.05, 3.63) is 11.6 Å². The van der Waals surface area contributed by atoms with Crippen LogP contribution < -0.4 is 0 Å². The summed E-state index contributed by atoms with van der Waals surface area (Å²) in [5.74, 6) is 1.27. The molecular formula is C12H18N4O3. The highest BCUT2D eigenvalue weighted by Gasteiger charge is 2.32. The van der Waals surface area contributed by atoms with Gasteiger partial charge in [0.15, 0.2) is 0 Å². The van der Waals surface area contributed by atoms with Gasteiger partial charge in [0.05, 0.1) is 18.8 Å². The summed E-state index contributed by atoms with van der Waals surface area (Å²) in [6, 6.07) is 0. The Morgan fingerprint density at radius 2 is 2.32 bits per heavy atom. The van der Waals surface area contributed by atoms with E-state index in [1.165, 1.54) is 0 Å². The second kappa shape index (κ2) is 4.90. The zero-order chi connectivity index (χ0) is 13.4. The smallest absolute Gasteiger partial charge is 0.293 e. The Morgan fingerprint density at radius 3 is 3.00 bits per heavy atom. The number of H-pyrrole nitrogens is 1. The number of hydrogen-bond acceptors (Lipinski definition) is 5. The van der Waals surface area contributed by atoms with Gasteiger partial charge >= 0.3 is 0 Å². The third kappa shape index (κ3) is 2.62. The molecule has 2 aliphatic rings. The largest absolute Gasteiger partial charge is 0.394 e. The van der Waals surface area contributed by atoms with Crippen LogP contribution in [0.4, 0.5) is 0 Å². The summed E-state index contributed by atoms with van der Waals surface area (Å²) in [7, 11) is 0. The van der Waals surface area contributed by atoms with Crippen LogP contribution >= 0.6 is 0 Å². The molecule has 0 bridgehead atoms. The van der Waals surface area contributed by atoms with Crippen LogP contribution in [-0.2, 0) is 4.74 Å². The molecule has 19 heavy (non-hydrogen) atoms. The predicted molar refractivity (Wildman–Crippen MR) is 65.7 cm³/mol. The summed E-state index contributed by atoms with van der Waals surface area (Å²) in [6.45, 7) is 2.68. The molecule has 1 saturated heterocycles. The molecule has 1 saturated carbocycles. The molecule has 1 aliphatic carbocycles. The second-order valence-corrected chi connectivity index (χ2v) is 5.28. The molecule has 0 radical (unpaired) electrons. The van der Waals surface area contributed by atoms with E-state index in [1.807, 2.05) is 6.92 Å². The minimum Gasteiger partial charge on any atom is -0.394 e. The van der Waals surface area contributed by atoms with E-state index in [0.717, 1.165) is 18.7 Å². The van der Waals surface area contributed by atoms with E-state index < -0.39 is 0 Å². The van der Waals surface area contributed by atoms with Gasteiger partial charge in [0.2, 0.25) is 5.82 Å². The maximum absolute atomic E-state index is 12.3. The van der Waals surface area contributed by atoms with Gasteiger partial charge in [-0.2, -0.15) is 0 Å². The van der Waals surface area contributed by atoms with Gasteiger partial charge in [-0.05, 0) is 19.8 Å². The highest BCUT2D eigenvalue weighted by Crippen LogP contribution is 2.37. The molecule has 2 unspecified atom stereocenters. The molecule has 104 valence electrons. The molecule has 2 fully saturated rings. The summed E-state index contributed by atoms with van der Waals surface area (Å²) in [4.78, 5) is 18.2. The molecule has 3 rings (SSSR count). The molecule has 7 heteroatoms. The fraction of sp³-hybridized carbons (Fsp3) is 0.750. The summed E-state index contributed by atoms with van der Waals surface area (Å²) >= 11 is 0.